The molecule has 0 saturated heterocycles. The smallest absolute Gasteiger partial charge is 0.251 e. The predicted molar refractivity (Wildman–Crippen MR) is 79.5 cm³/mol. The molecule has 0 atom stereocenters. The van der Waals surface area contributed by atoms with Crippen molar-refractivity contribution in [3.8, 4) is 11.4 Å². The Morgan fingerprint density at radius 1 is 1.47 bits per heavy atom. The molecule has 4 N–H and O–H groups in total. The predicted octanol–water partition coefficient (Wildman–Crippen LogP) is 0.866. The van der Waals surface area contributed by atoms with E-state index in [9.17, 15) is 4.79 Å². The third-order valence-electron chi connectivity index (χ3n) is 3.42. The lowest BCUT2D eigenvalue weighted by molar-refractivity contribution is 0.0998. The average Bonchev–Trinajstić information content (AvgIpc) is 2.62. The number of halogens is 1. The number of aromatic nitrogens is 3. The van der Waals surface area contributed by atoms with E-state index in [4.69, 9.17) is 11.5 Å². The van der Waals surface area contributed by atoms with Gasteiger partial charge in [-0.1, -0.05) is 0 Å². The Kier molecular flexibility index (Phi) is 2.73. The van der Waals surface area contributed by atoms with Gasteiger partial charge in [0.25, 0.3) is 5.91 Å². The van der Waals surface area contributed by atoms with Crippen molar-refractivity contribution in [1.29, 1.82) is 0 Å². The molecular weight excluding hydrogens is 357 g/mol. The van der Waals surface area contributed by atoms with Crippen LogP contribution in [0.5, 0.6) is 0 Å². The fourth-order valence-corrected chi connectivity index (χ4v) is 3.41. The van der Waals surface area contributed by atoms with Crippen molar-refractivity contribution >= 4 is 34.4 Å². The molecule has 1 aliphatic carbocycles. The van der Waals surface area contributed by atoms with Crippen molar-refractivity contribution < 1.29 is 4.79 Å². The van der Waals surface area contributed by atoms with Crippen molar-refractivity contribution in [1.82, 2.24) is 14.5 Å². The highest BCUT2D eigenvalue weighted by molar-refractivity contribution is 14.1. The summed E-state index contributed by atoms with van der Waals surface area (Å²) >= 11 is 2.14. The van der Waals surface area contributed by atoms with Crippen LogP contribution in [0.15, 0.2) is 6.20 Å². The fraction of sp³-hybridized carbons (Fsp3) is 0.250. The maximum atomic E-state index is 11.6. The third-order valence-corrected chi connectivity index (χ3v) is 4.69. The first-order valence-electron chi connectivity index (χ1n) is 5.79. The normalized spacial score (nSPS) is 12.9. The van der Waals surface area contributed by atoms with Gasteiger partial charge in [0.1, 0.15) is 0 Å². The molecule has 6 nitrogen and oxygen atoms in total. The lowest BCUT2D eigenvalue weighted by atomic mass is 9.92. The summed E-state index contributed by atoms with van der Waals surface area (Å²) < 4.78 is 2.78. The standard InChI is InChI=1S/C12H12IN5O/c1-18-9-6(7(10(18)13)11(14)19)3-2-5-4-16-12(15)17-8(5)9/h4H,2-3H2,1H3,(H2,14,19)(H2,15,16,17). The number of carbonyl (C=O) groups is 1. The Labute approximate surface area is 123 Å². The molecule has 0 bridgehead atoms. The second kappa shape index (κ2) is 4.19. The van der Waals surface area contributed by atoms with Crippen LogP contribution in [0, 0.1) is 3.70 Å². The van der Waals surface area contributed by atoms with E-state index in [1.165, 1.54) is 0 Å². The molecule has 0 aromatic carbocycles. The van der Waals surface area contributed by atoms with Gasteiger partial charge in [-0.05, 0) is 46.6 Å². The number of rotatable bonds is 1. The van der Waals surface area contributed by atoms with Crippen LogP contribution in [0.3, 0.4) is 0 Å². The monoisotopic (exact) mass is 369 g/mol. The van der Waals surface area contributed by atoms with E-state index in [-0.39, 0.29) is 5.95 Å². The zero-order chi connectivity index (χ0) is 13.7. The first kappa shape index (κ1) is 12.4. The van der Waals surface area contributed by atoms with Gasteiger partial charge in [-0.3, -0.25) is 4.79 Å². The largest absolute Gasteiger partial charge is 0.368 e. The molecule has 0 spiro atoms. The Morgan fingerprint density at radius 2 is 2.21 bits per heavy atom. The summed E-state index contributed by atoms with van der Waals surface area (Å²) in [5.41, 5.74) is 15.5. The summed E-state index contributed by atoms with van der Waals surface area (Å²) in [5, 5.41) is 0. The minimum atomic E-state index is -0.397. The van der Waals surface area contributed by atoms with Crippen LogP contribution in [-0.2, 0) is 19.9 Å². The minimum absolute atomic E-state index is 0.239. The Balaban J connectivity index is 2.36. The number of anilines is 1. The van der Waals surface area contributed by atoms with Crippen molar-refractivity contribution in [3.05, 3.63) is 26.6 Å². The number of hydrogen-bond acceptors (Lipinski definition) is 4. The number of nitrogens with zero attached hydrogens (tertiary/aromatic N) is 3. The lowest BCUT2D eigenvalue weighted by Gasteiger charge is -2.17. The van der Waals surface area contributed by atoms with E-state index >= 15 is 0 Å². The number of nitrogen functional groups attached to an aromatic ring is 1. The van der Waals surface area contributed by atoms with Crippen molar-refractivity contribution in [2.24, 2.45) is 12.8 Å². The second-order valence-electron chi connectivity index (χ2n) is 4.52. The first-order valence-corrected chi connectivity index (χ1v) is 6.87. The van der Waals surface area contributed by atoms with Gasteiger partial charge in [0.2, 0.25) is 5.95 Å². The number of nitrogens with two attached hydrogens (primary N) is 2. The molecule has 2 aromatic heterocycles. The summed E-state index contributed by atoms with van der Waals surface area (Å²) in [7, 11) is 1.90. The SMILES string of the molecule is Cn1c(I)c(C(N)=O)c2c1-c1nc(N)ncc1CC2. The van der Waals surface area contributed by atoms with Gasteiger partial charge in [-0.15, -0.1) is 0 Å². The number of fused-ring (bicyclic) bond motifs is 3. The quantitative estimate of drug-likeness (QED) is 0.729. The molecular formula is C12H12IN5O. The molecule has 1 amide bonds. The van der Waals surface area contributed by atoms with Crippen LogP contribution in [0.25, 0.3) is 11.4 Å². The van der Waals surface area contributed by atoms with Gasteiger partial charge in [0.05, 0.1) is 20.7 Å². The lowest BCUT2D eigenvalue weighted by Crippen LogP contribution is -2.16. The Bertz CT molecular complexity index is 707. The molecule has 7 heteroatoms. The minimum Gasteiger partial charge on any atom is -0.368 e. The number of hydrogen-bond donors (Lipinski definition) is 2. The topological polar surface area (TPSA) is 99.8 Å². The number of primary amides is 1. The Hall–Kier alpha value is -1.64. The third kappa shape index (κ3) is 1.71. The van der Waals surface area contributed by atoms with Crippen molar-refractivity contribution in [2.75, 3.05) is 5.73 Å². The van der Waals surface area contributed by atoms with E-state index in [0.717, 1.165) is 39.1 Å². The number of carbonyl (C=O) groups excluding carboxylic acids is 1. The van der Waals surface area contributed by atoms with Crippen LogP contribution in [0.1, 0.15) is 21.5 Å². The number of aryl methyl sites for hydroxylation is 1. The van der Waals surface area contributed by atoms with E-state index in [2.05, 4.69) is 32.6 Å². The van der Waals surface area contributed by atoms with Crippen LogP contribution in [0.4, 0.5) is 5.95 Å². The van der Waals surface area contributed by atoms with E-state index in [0.29, 0.717) is 5.56 Å². The van der Waals surface area contributed by atoms with Crippen LogP contribution < -0.4 is 11.5 Å². The summed E-state index contributed by atoms with van der Waals surface area (Å²) in [6.45, 7) is 0. The molecule has 2 aromatic rings. The van der Waals surface area contributed by atoms with E-state index < -0.39 is 5.91 Å². The van der Waals surface area contributed by atoms with Gasteiger partial charge in [0.15, 0.2) is 0 Å². The molecule has 0 saturated carbocycles. The van der Waals surface area contributed by atoms with Gasteiger partial charge < -0.3 is 16.0 Å². The molecule has 2 heterocycles. The summed E-state index contributed by atoms with van der Waals surface area (Å²) in [6, 6.07) is 0. The van der Waals surface area contributed by atoms with Crippen molar-refractivity contribution in [3.63, 3.8) is 0 Å². The highest BCUT2D eigenvalue weighted by Gasteiger charge is 2.29. The highest BCUT2D eigenvalue weighted by Crippen LogP contribution is 2.37. The molecule has 0 aliphatic heterocycles. The van der Waals surface area contributed by atoms with E-state index in [1.807, 2.05) is 11.6 Å². The molecule has 0 radical (unpaired) electrons. The highest BCUT2D eigenvalue weighted by atomic mass is 127. The van der Waals surface area contributed by atoms with Gasteiger partial charge in [-0.25, -0.2) is 9.97 Å². The zero-order valence-electron chi connectivity index (χ0n) is 10.3. The zero-order valence-corrected chi connectivity index (χ0v) is 12.4. The van der Waals surface area contributed by atoms with Crippen molar-refractivity contribution in [2.45, 2.75) is 12.8 Å². The molecule has 1 aliphatic rings. The molecule has 0 unspecified atom stereocenters. The van der Waals surface area contributed by atoms with Gasteiger partial charge in [-0.2, -0.15) is 0 Å². The summed E-state index contributed by atoms with van der Waals surface area (Å²) in [4.78, 5) is 20.0. The number of amides is 1. The molecule has 19 heavy (non-hydrogen) atoms. The van der Waals surface area contributed by atoms with Gasteiger partial charge >= 0.3 is 0 Å². The molecule has 3 rings (SSSR count). The first-order chi connectivity index (χ1) is 9.00. The summed E-state index contributed by atoms with van der Waals surface area (Å²) in [6.07, 6.45) is 3.32. The molecule has 98 valence electrons. The Morgan fingerprint density at radius 3 is 2.89 bits per heavy atom. The van der Waals surface area contributed by atoms with E-state index in [1.54, 1.807) is 6.20 Å². The van der Waals surface area contributed by atoms with Crippen LogP contribution in [-0.4, -0.2) is 20.4 Å². The maximum Gasteiger partial charge on any atom is 0.251 e. The molecule has 0 fully saturated rings. The maximum absolute atomic E-state index is 11.6. The second-order valence-corrected chi connectivity index (χ2v) is 5.54. The van der Waals surface area contributed by atoms with Crippen LogP contribution >= 0.6 is 22.6 Å². The van der Waals surface area contributed by atoms with Crippen LogP contribution in [0.2, 0.25) is 0 Å². The average molecular weight is 369 g/mol. The fourth-order valence-electron chi connectivity index (χ4n) is 2.57. The summed E-state index contributed by atoms with van der Waals surface area (Å²) in [5.74, 6) is -0.157. The van der Waals surface area contributed by atoms with Gasteiger partial charge in [0, 0.05) is 13.2 Å².